The summed E-state index contributed by atoms with van der Waals surface area (Å²) in [5, 5.41) is 5.89. The number of amides is 3. The zero-order valence-electron chi connectivity index (χ0n) is 14.0. The molecule has 2 N–H and O–H groups in total. The van der Waals surface area contributed by atoms with Gasteiger partial charge in [0.05, 0.1) is 0 Å². The molecule has 7 nitrogen and oxygen atoms in total. The molecule has 1 heterocycles. The van der Waals surface area contributed by atoms with E-state index in [1.807, 2.05) is 0 Å². The van der Waals surface area contributed by atoms with Gasteiger partial charge in [0.1, 0.15) is 6.61 Å². The van der Waals surface area contributed by atoms with Gasteiger partial charge in [-0.1, -0.05) is 6.42 Å². The van der Waals surface area contributed by atoms with Crippen molar-refractivity contribution in [2.45, 2.75) is 50.6 Å². The van der Waals surface area contributed by atoms with Crippen LogP contribution in [0, 0.1) is 5.92 Å². The number of likely N-dealkylation sites (N-methyl/N-ethyl adjacent to an activating group) is 1. The van der Waals surface area contributed by atoms with Gasteiger partial charge in [0.15, 0.2) is 0 Å². The van der Waals surface area contributed by atoms with Crippen molar-refractivity contribution in [2.75, 3.05) is 27.3 Å². The highest BCUT2D eigenvalue weighted by Gasteiger charge is 2.31. The molecule has 1 saturated carbocycles. The number of nitrogens with one attached hydrogen (secondary N) is 2. The predicted molar refractivity (Wildman–Crippen MR) is 84.6 cm³/mol. The van der Waals surface area contributed by atoms with E-state index in [-0.39, 0.29) is 42.7 Å². The van der Waals surface area contributed by atoms with Crippen LogP contribution in [-0.4, -0.2) is 62.0 Å². The number of rotatable bonds is 5. The topological polar surface area (TPSA) is 87.7 Å². The van der Waals surface area contributed by atoms with Gasteiger partial charge in [-0.2, -0.15) is 0 Å². The Morgan fingerprint density at radius 3 is 2.57 bits per heavy atom. The van der Waals surface area contributed by atoms with E-state index in [4.69, 9.17) is 4.74 Å². The number of carbonyl (C=O) groups excluding carboxylic acids is 3. The molecular formula is C16H27N3O4. The van der Waals surface area contributed by atoms with Gasteiger partial charge in [0.25, 0.3) is 0 Å². The van der Waals surface area contributed by atoms with Crippen LogP contribution in [0.2, 0.25) is 0 Å². The van der Waals surface area contributed by atoms with Crippen molar-refractivity contribution >= 4 is 17.7 Å². The molecule has 0 radical (unpaired) electrons. The molecule has 3 amide bonds. The molecule has 2 unspecified atom stereocenters. The summed E-state index contributed by atoms with van der Waals surface area (Å²) in [6.45, 7) is 0.478. The zero-order chi connectivity index (χ0) is 16.8. The van der Waals surface area contributed by atoms with Crippen LogP contribution in [0.25, 0.3) is 0 Å². The van der Waals surface area contributed by atoms with Gasteiger partial charge in [-0.15, -0.1) is 0 Å². The minimum absolute atomic E-state index is 0.00359. The van der Waals surface area contributed by atoms with Crippen molar-refractivity contribution in [3.63, 3.8) is 0 Å². The van der Waals surface area contributed by atoms with Crippen molar-refractivity contribution in [1.29, 1.82) is 0 Å². The number of hydrogen-bond acceptors (Lipinski definition) is 4. The maximum Gasteiger partial charge on any atom is 0.246 e. The molecule has 0 aromatic carbocycles. The van der Waals surface area contributed by atoms with Gasteiger partial charge < -0.3 is 20.3 Å². The first-order valence-electron chi connectivity index (χ1n) is 8.32. The molecule has 2 rings (SSSR count). The van der Waals surface area contributed by atoms with Gasteiger partial charge >= 0.3 is 0 Å². The second-order valence-electron chi connectivity index (χ2n) is 6.59. The SMILES string of the molecule is COCC(=O)NC1CCCC(C(=O)NC2CC2)CC(=O)N(C)C1. The van der Waals surface area contributed by atoms with E-state index in [1.54, 1.807) is 11.9 Å². The van der Waals surface area contributed by atoms with Gasteiger partial charge in [-0.25, -0.2) is 0 Å². The Bertz CT molecular complexity index is 451. The summed E-state index contributed by atoms with van der Waals surface area (Å²) in [6, 6.07) is 0.209. The smallest absolute Gasteiger partial charge is 0.246 e. The number of ether oxygens (including phenoxy) is 1. The molecule has 0 aromatic rings. The molecular weight excluding hydrogens is 298 g/mol. The van der Waals surface area contributed by atoms with Crippen LogP contribution in [0.3, 0.4) is 0 Å². The lowest BCUT2D eigenvalue weighted by molar-refractivity contribution is -0.135. The third kappa shape index (κ3) is 5.82. The highest BCUT2D eigenvalue weighted by atomic mass is 16.5. The molecule has 23 heavy (non-hydrogen) atoms. The fourth-order valence-electron chi connectivity index (χ4n) is 2.89. The molecule has 2 atom stereocenters. The third-order valence-corrected chi connectivity index (χ3v) is 4.38. The fourth-order valence-corrected chi connectivity index (χ4v) is 2.89. The summed E-state index contributed by atoms with van der Waals surface area (Å²) < 4.78 is 4.82. The minimum atomic E-state index is -0.265. The van der Waals surface area contributed by atoms with Crippen LogP contribution >= 0.6 is 0 Å². The van der Waals surface area contributed by atoms with Crippen LogP contribution in [0.4, 0.5) is 0 Å². The molecule has 1 aliphatic carbocycles. The Hall–Kier alpha value is -1.63. The number of nitrogens with zero attached hydrogens (tertiary/aromatic N) is 1. The van der Waals surface area contributed by atoms with E-state index < -0.39 is 0 Å². The van der Waals surface area contributed by atoms with Gasteiger partial charge in [0.2, 0.25) is 17.7 Å². The molecule has 2 fully saturated rings. The Labute approximate surface area is 137 Å². The van der Waals surface area contributed by atoms with Crippen molar-refractivity contribution < 1.29 is 19.1 Å². The average molecular weight is 325 g/mol. The molecule has 0 aromatic heterocycles. The van der Waals surface area contributed by atoms with Gasteiger partial charge in [0, 0.05) is 45.1 Å². The molecule has 1 aliphatic heterocycles. The first-order chi connectivity index (χ1) is 11.0. The normalized spacial score (nSPS) is 26.0. The minimum Gasteiger partial charge on any atom is -0.375 e. The van der Waals surface area contributed by atoms with E-state index in [0.717, 1.165) is 25.7 Å². The Balaban J connectivity index is 1.92. The molecule has 0 bridgehead atoms. The highest BCUT2D eigenvalue weighted by Crippen LogP contribution is 2.23. The lowest BCUT2D eigenvalue weighted by atomic mass is 9.96. The Morgan fingerprint density at radius 2 is 1.91 bits per heavy atom. The summed E-state index contributed by atoms with van der Waals surface area (Å²) >= 11 is 0. The van der Waals surface area contributed by atoms with E-state index >= 15 is 0 Å². The van der Waals surface area contributed by atoms with Crippen molar-refractivity contribution in [1.82, 2.24) is 15.5 Å². The lowest BCUT2D eigenvalue weighted by Crippen LogP contribution is -2.45. The second kappa shape index (κ2) is 8.29. The summed E-state index contributed by atoms with van der Waals surface area (Å²) in [7, 11) is 3.19. The molecule has 7 heteroatoms. The third-order valence-electron chi connectivity index (χ3n) is 4.38. The second-order valence-corrected chi connectivity index (χ2v) is 6.59. The fraction of sp³-hybridized carbons (Fsp3) is 0.812. The maximum absolute atomic E-state index is 12.3. The zero-order valence-corrected chi connectivity index (χ0v) is 14.0. The van der Waals surface area contributed by atoms with Crippen molar-refractivity contribution in [3.8, 4) is 0 Å². The molecule has 2 aliphatic rings. The number of carbonyl (C=O) groups is 3. The van der Waals surface area contributed by atoms with E-state index in [9.17, 15) is 14.4 Å². The van der Waals surface area contributed by atoms with Crippen molar-refractivity contribution in [3.05, 3.63) is 0 Å². The van der Waals surface area contributed by atoms with E-state index in [2.05, 4.69) is 10.6 Å². The quantitative estimate of drug-likeness (QED) is 0.747. The number of methoxy groups -OCH3 is 1. The average Bonchev–Trinajstić information content (AvgIpc) is 3.28. The summed E-state index contributed by atoms with van der Waals surface area (Å²) in [4.78, 5) is 37.8. The largest absolute Gasteiger partial charge is 0.375 e. The summed E-state index contributed by atoms with van der Waals surface area (Å²) in [5.74, 6) is -0.496. The molecule has 0 spiro atoms. The molecule has 1 saturated heterocycles. The van der Waals surface area contributed by atoms with Crippen molar-refractivity contribution in [2.24, 2.45) is 5.92 Å². The monoisotopic (exact) mass is 325 g/mol. The van der Waals surface area contributed by atoms with Gasteiger partial charge in [-0.05, 0) is 25.7 Å². The van der Waals surface area contributed by atoms with Crippen LogP contribution in [-0.2, 0) is 19.1 Å². The highest BCUT2D eigenvalue weighted by molar-refractivity contribution is 5.86. The van der Waals surface area contributed by atoms with Crippen LogP contribution in [0.15, 0.2) is 0 Å². The van der Waals surface area contributed by atoms with E-state index in [0.29, 0.717) is 19.0 Å². The van der Waals surface area contributed by atoms with Crippen LogP contribution in [0.1, 0.15) is 38.5 Å². The first kappa shape index (κ1) is 17.7. The maximum atomic E-state index is 12.3. The van der Waals surface area contributed by atoms with Gasteiger partial charge in [-0.3, -0.25) is 14.4 Å². The first-order valence-corrected chi connectivity index (χ1v) is 8.32. The van der Waals surface area contributed by atoms with Crippen LogP contribution < -0.4 is 10.6 Å². The standard InChI is InChI=1S/C16H27N3O4/c1-19-9-13(17-14(20)10-23-2)5-3-4-11(8-15(19)21)16(22)18-12-6-7-12/h11-13H,3-10H2,1-2H3,(H,17,20)(H,18,22). The lowest BCUT2D eigenvalue weighted by Gasteiger charge is -2.24. The Morgan fingerprint density at radius 1 is 1.17 bits per heavy atom. The number of hydrogen-bond donors (Lipinski definition) is 2. The van der Waals surface area contributed by atoms with E-state index in [1.165, 1.54) is 7.11 Å². The summed E-state index contributed by atoms with van der Waals surface area (Å²) in [6.07, 6.45) is 4.56. The Kier molecular flexibility index (Phi) is 6.38. The predicted octanol–water partition coefficient (Wildman–Crippen LogP) is 0.0448. The summed E-state index contributed by atoms with van der Waals surface area (Å²) in [5.41, 5.74) is 0. The van der Waals surface area contributed by atoms with Crippen LogP contribution in [0.5, 0.6) is 0 Å². The molecule has 130 valence electrons.